The molecular weight excluding hydrogens is 392 g/mol. The third-order valence-electron chi connectivity index (χ3n) is 5.89. The molecule has 4 rings (SSSR count). The van der Waals surface area contributed by atoms with Crippen molar-refractivity contribution in [1.82, 2.24) is 28.0 Å². The molecule has 0 spiro atoms. The average molecular weight is 418 g/mol. The molecule has 3 aromatic heterocycles. The van der Waals surface area contributed by atoms with Crippen molar-refractivity contribution in [1.29, 1.82) is 0 Å². The zero-order chi connectivity index (χ0) is 21.6. The van der Waals surface area contributed by atoms with Gasteiger partial charge in [-0.3, -0.25) is 23.5 Å². The molecule has 1 aliphatic heterocycles. The van der Waals surface area contributed by atoms with Crippen molar-refractivity contribution in [2.24, 2.45) is 7.05 Å². The lowest BCUT2D eigenvalue weighted by Gasteiger charge is -2.26. The van der Waals surface area contributed by atoms with E-state index in [-0.39, 0.29) is 5.52 Å². The van der Waals surface area contributed by atoms with Gasteiger partial charge >= 0.3 is 11.7 Å². The van der Waals surface area contributed by atoms with Gasteiger partial charge in [0.1, 0.15) is 6.54 Å². The molecule has 4 heterocycles. The number of aryl methyl sites for hydroxylation is 2. The summed E-state index contributed by atoms with van der Waals surface area (Å²) in [6, 6.07) is 0. The Morgan fingerprint density at radius 1 is 1.10 bits per heavy atom. The molecule has 0 amide bonds. The summed E-state index contributed by atoms with van der Waals surface area (Å²) in [5, 5.41) is 0. The Morgan fingerprint density at radius 2 is 1.80 bits per heavy atom. The van der Waals surface area contributed by atoms with E-state index in [1.165, 1.54) is 11.7 Å². The van der Waals surface area contributed by atoms with E-state index in [4.69, 9.17) is 4.74 Å². The summed E-state index contributed by atoms with van der Waals surface area (Å²) >= 11 is 0. The molecule has 1 fully saturated rings. The van der Waals surface area contributed by atoms with Gasteiger partial charge in [-0.1, -0.05) is 0 Å². The Bertz CT molecular complexity index is 1240. The fraction of sp³-hybridized carbons (Fsp3) is 0.579. The number of aromatic nitrogens is 5. The van der Waals surface area contributed by atoms with Gasteiger partial charge in [-0.15, -0.1) is 0 Å². The first-order valence-corrected chi connectivity index (χ1v) is 9.89. The first-order chi connectivity index (χ1) is 14.3. The molecule has 11 nitrogen and oxygen atoms in total. The van der Waals surface area contributed by atoms with Crippen LogP contribution < -0.4 is 11.2 Å². The highest BCUT2D eigenvalue weighted by Crippen LogP contribution is 2.20. The van der Waals surface area contributed by atoms with Crippen LogP contribution in [0.15, 0.2) is 9.59 Å². The molecule has 0 N–H and O–H groups in total. The van der Waals surface area contributed by atoms with Gasteiger partial charge in [0.05, 0.1) is 20.3 Å². The molecule has 0 saturated carbocycles. The van der Waals surface area contributed by atoms with Gasteiger partial charge in [-0.2, -0.15) is 4.98 Å². The lowest BCUT2D eigenvalue weighted by Crippen LogP contribution is -2.41. The standard InChI is InChI=1S/C19H26N6O5/c1-12-13(2)25-15-16(21(3)19(28)24(17(15)27)11-14(26)29-4)20-18(25)23(12)6-5-22-7-9-30-10-8-22/h5-11H2,1-4H3. The first kappa shape index (κ1) is 20.4. The van der Waals surface area contributed by atoms with Crippen LogP contribution in [-0.4, -0.2) is 73.9 Å². The Morgan fingerprint density at radius 3 is 2.47 bits per heavy atom. The quantitative estimate of drug-likeness (QED) is 0.503. The smallest absolute Gasteiger partial charge is 0.333 e. The second-order valence-electron chi connectivity index (χ2n) is 7.50. The lowest BCUT2D eigenvalue weighted by molar-refractivity contribution is -0.141. The van der Waals surface area contributed by atoms with E-state index >= 15 is 0 Å². The van der Waals surface area contributed by atoms with Crippen LogP contribution >= 0.6 is 0 Å². The van der Waals surface area contributed by atoms with Crippen molar-refractivity contribution in [3.8, 4) is 0 Å². The lowest BCUT2D eigenvalue weighted by atomic mass is 10.3. The molecule has 0 atom stereocenters. The minimum absolute atomic E-state index is 0.279. The number of carbonyl (C=O) groups excluding carboxylic acids is 1. The zero-order valence-corrected chi connectivity index (χ0v) is 17.7. The zero-order valence-electron chi connectivity index (χ0n) is 17.7. The first-order valence-electron chi connectivity index (χ1n) is 9.89. The van der Waals surface area contributed by atoms with E-state index in [2.05, 4.69) is 19.2 Å². The van der Waals surface area contributed by atoms with Crippen molar-refractivity contribution >= 4 is 22.9 Å². The van der Waals surface area contributed by atoms with E-state index in [1.54, 1.807) is 11.4 Å². The minimum Gasteiger partial charge on any atom is -0.468 e. The Labute approximate surface area is 172 Å². The predicted molar refractivity (Wildman–Crippen MR) is 109 cm³/mol. The summed E-state index contributed by atoms with van der Waals surface area (Å²) in [6.45, 7) is 8.24. The number of fused-ring (bicyclic) bond motifs is 3. The third kappa shape index (κ3) is 3.14. The summed E-state index contributed by atoms with van der Waals surface area (Å²) in [4.78, 5) is 44.5. The van der Waals surface area contributed by atoms with Crippen molar-refractivity contribution in [2.45, 2.75) is 26.9 Å². The fourth-order valence-corrected chi connectivity index (χ4v) is 3.98. The summed E-state index contributed by atoms with van der Waals surface area (Å²) in [5.74, 6) is -0.0542. The third-order valence-corrected chi connectivity index (χ3v) is 5.89. The van der Waals surface area contributed by atoms with Crippen LogP contribution in [0.25, 0.3) is 16.9 Å². The maximum atomic E-state index is 13.2. The molecule has 30 heavy (non-hydrogen) atoms. The molecule has 0 aliphatic carbocycles. The summed E-state index contributed by atoms with van der Waals surface area (Å²) in [5.41, 5.74) is 1.29. The van der Waals surface area contributed by atoms with Crippen LogP contribution in [0.3, 0.4) is 0 Å². The predicted octanol–water partition coefficient (Wildman–Crippen LogP) is -0.729. The van der Waals surface area contributed by atoms with E-state index in [0.29, 0.717) is 18.0 Å². The monoisotopic (exact) mass is 418 g/mol. The van der Waals surface area contributed by atoms with Crippen LogP contribution in [0.5, 0.6) is 0 Å². The minimum atomic E-state index is -0.662. The van der Waals surface area contributed by atoms with E-state index < -0.39 is 23.8 Å². The largest absolute Gasteiger partial charge is 0.468 e. The second kappa shape index (κ2) is 7.73. The summed E-state index contributed by atoms with van der Waals surface area (Å²) in [6.07, 6.45) is 0. The number of methoxy groups -OCH3 is 1. The molecule has 0 aromatic carbocycles. The Balaban J connectivity index is 1.86. The maximum Gasteiger partial charge on any atom is 0.333 e. The van der Waals surface area contributed by atoms with E-state index in [9.17, 15) is 14.4 Å². The highest BCUT2D eigenvalue weighted by atomic mass is 16.5. The number of carbonyl (C=O) groups is 1. The molecule has 0 radical (unpaired) electrons. The molecule has 0 unspecified atom stereocenters. The van der Waals surface area contributed by atoms with Crippen LogP contribution in [0.1, 0.15) is 11.4 Å². The number of ether oxygens (including phenoxy) is 2. The second-order valence-corrected chi connectivity index (χ2v) is 7.50. The van der Waals surface area contributed by atoms with Crippen LogP contribution in [0, 0.1) is 13.8 Å². The number of hydrogen-bond acceptors (Lipinski definition) is 7. The van der Waals surface area contributed by atoms with E-state index in [0.717, 1.165) is 48.8 Å². The molecule has 0 bridgehead atoms. The van der Waals surface area contributed by atoms with Gasteiger partial charge in [0.15, 0.2) is 11.2 Å². The van der Waals surface area contributed by atoms with Gasteiger partial charge in [0.2, 0.25) is 5.78 Å². The van der Waals surface area contributed by atoms with Crippen molar-refractivity contribution < 1.29 is 14.3 Å². The highest BCUT2D eigenvalue weighted by Gasteiger charge is 2.23. The number of hydrogen-bond donors (Lipinski definition) is 0. The van der Waals surface area contributed by atoms with Gasteiger partial charge in [0.25, 0.3) is 5.56 Å². The molecule has 1 saturated heterocycles. The topological polar surface area (TPSA) is 105 Å². The van der Waals surface area contributed by atoms with Crippen LogP contribution in [0.4, 0.5) is 0 Å². The van der Waals surface area contributed by atoms with Crippen molar-refractivity contribution in [2.75, 3.05) is 40.0 Å². The van der Waals surface area contributed by atoms with Gasteiger partial charge in [-0.25, -0.2) is 9.36 Å². The fourth-order valence-electron chi connectivity index (χ4n) is 3.98. The molecule has 162 valence electrons. The normalized spacial score (nSPS) is 15.3. The molecular formula is C19H26N6O5. The van der Waals surface area contributed by atoms with Gasteiger partial charge in [0, 0.05) is 44.6 Å². The molecule has 3 aromatic rings. The van der Waals surface area contributed by atoms with Crippen molar-refractivity contribution in [3.63, 3.8) is 0 Å². The summed E-state index contributed by atoms with van der Waals surface area (Å²) < 4.78 is 16.1. The summed E-state index contributed by atoms with van der Waals surface area (Å²) in [7, 11) is 2.76. The van der Waals surface area contributed by atoms with Crippen LogP contribution in [0.2, 0.25) is 0 Å². The molecule has 11 heteroatoms. The van der Waals surface area contributed by atoms with E-state index in [1.807, 2.05) is 13.8 Å². The number of nitrogens with zero attached hydrogens (tertiary/aromatic N) is 6. The Hall–Kier alpha value is -2.92. The number of morpholine rings is 1. The number of esters is 1. The van der Waals surface area contributed by atoms with Crippen molar-refractivity contribution in [3.05, 3.63) is 32.2 Å². The average Bonchev–Trinajstić information content (AvgIpc) is 3.25. The van der Waals surface area contributed by atoms with Gasteiger partial charge < -0.3 is 14.0 Å². The molecule has 1 aliphatic rings. The maximum absolute atomic E-state index is 13.2. The highest BCUT2D eigenvalue weighted by molar-refractivity contribution is 5.77. The SMILES string of the molecule is COC(=O)Cn1c(=O)c2c(nc3n(CCN4CCOCC4)c(C)c(C)n23)n(C)c1=O. The number of rotatable bonds is 5. The van der Waals surface area contributed by atoms with Gasteiger partial charge in [-0.05, 0) is 13.8 Å². The van der Waals surface area contributed by atoms with Crippen LogP contribution in [-0.2, 0) is 34.4 Å². The number of imidazole rings is 2. The Kier molecular flexibility index (Phi) is 5.24.